The van der Waals surface area contributed by atoms with Gasteiger partial charge in [-0.1, -0.05) is 17.3 Å². The molecule has 1 heterocycles. The summed E-state index contributed by atoms with van der Waals surface area (Å²) >= 11 is 3.23. The molecule has 0 bridgehead atoms. The molecular weight excluding hydrogens is 316 g/mol. The summed E-state index contributed by atoms with van der Waals surface area (Å²) in [5.41, 5.74) is 1.45. The van der Waals surface area contributed by atoms with Crippen molar-refractivity contribution in [2.75, 3.05) is 6.61 Å². The molecule has 2 aromatic rings. The molecule has 2 rings (SSSR count). The minimum atomic E-state index is -0.438. The summed E-state index contributed by atoms with van der Waals surface area (Å²) in [5.74, 6) is 0. The van der Waals surface area contributed by atoms with E-state index < -0.39 is 4.92 Å². The maximum absolute atomic E-state index is 10.8. The average molecular weight is 327 g/mol. The molecule has 7 nitrogen and oxygen atoms in total. The van der Waals surface area contributed by atoms with E-state index >= 15 is 0 Å². The first-order valence-electron chi connectivity index (χ1n) is 5.53. The fraction of sp³-hybridized carbons (Fsp3) is 0.273. The molecule has 0 amide bonds. The molecule has 0 spiro atoms. The van der Waals surface area contributed by atoms with Crippen molar-refractivity contribution in [3.63, 3.8) is 0 Å². The number of aromatic nitrogens is 3. The third kappa shape index (κ3) is 3.15. The Hall–Kier alpha value is -1.80. The van der Waals surface area contributed by atoms with Gasteiger partial charge in [-0.05, 0) is 21.5 Å². The first-order valence-corrected chi connectivity index (χ1v) is 6.32. The Kier molecular flexibility index (Phi) is 4.23. The van der Waals surface area contributed by atoms with Crippen LogP contribution in [0.15, 0.2) is 28.9 Å². The van der Waals surface area contributed by atoms with Crippen molar-refractivity contribution >= 4 is 21.6 Å². The van der Waals surface area contributed by atoms with Crippen molar-refractivity contribution in [2.45, 2.75) is 13.0 Å². The Bertz CT molecular complexity index is 599. The van der Waals surface area contributed by atoms with Crippen LogP contribution in [0.5, 0.6) is 0 Å². The molecule has 8 heteroatoms. The fourth-order valence-corrected chi connectivity index (χ4v) is 2.18. The van der Waals surface area contributed by atoms with Gasteiger partial charge in [-0.3, -0.25) is 10.1 Å². The molecule has 0 unspecified atom stereocenters. The van der Waals surface area contributed by atoms with Crippen LogP contribution in [0, 0.1) is 10.1 Å². The van der Waals surface area contributed by atoms with Crippen molar-refractivity contribution < 1.29 is 10.0 Å². The molecular formula is C11H11BrN4O3. The number of hydrogen-bond donors (Lipinski definition) is 1. The van der Waals surface area contributed by atoms with E-state index in [2.05, 4.69) is 26.2 Å². The lowest BCUT2D eigenvalue weighted by Crippen LogP contribution is -2.02. The molecule has 0 aliphatic heterocycles. The van der Waals surface area contributed by atoms with E-state index in [-0.39, 0.29) is 12.3 Å². The second kappa shape index (κ2) is 5.89. The van der Waals surface area contributed by atoms with Gasteiger partial charge in [0.2, 0.25) is 0 Å². The van der Waals surface area contributed by atoms with Crippen molar-refractivity contribution in [2.24, 2.45) is 0 Å². The number of halogens is 1. The van der Waals surface area contributed by atoms with E-state index in [0.29, 0.717) is 23.1 Å². The molecule has 0 atom stereocenters. The van der Waals surface area contributed by atoms with Gasteiger partial charge in [0.25, 0.3) is 5.69 Å². The predicted octanol–water partition coefficient (Wildman–Crippen LogP) is 1.53. The number of aliphatic hydroxyl groups is 1. The van der Waals surface area contributed by atoms with Crippen LogP contribution in [0.3, 0.4) is 0 Å². The third-order valence-electron chi connectivity index (χ3n) is 2.54. The van der Waals surface area contributed by atoms with Crippen LogP contribution in [0.25, 0.3) is 0 Å². The quantitative estimate of drug-likeness (QED) is 0.664. The van der Waals surface area contributed by atoms with Crippen LogP contribution in [-0.4, -0.2) is 31.6 Å². The fourth-order valence-electron chi connectivity index (χ4n) is 1.65. The molecule has 1 aromatic heterocycles. The summed E-state index contributed by atoms with van der Waals surface area (Å²) in [6, 6.07) is 4.85. The number of hydrogen-bond acceptors (Lipinski definition) is 5. The van der Waals surface area contributed by atoms with E-state index in [1.807, 2.05) is 0 Å². The normalized spacial score (nSPS) is 10.6. The zero-order valence-corrected chi connectivity index (χ0v) is 11.4. The van der Waals surface area contributed by atoms with Crippen LogP contribution in [0.4, 0.5) is 5.69 Å². The second-order valence-corrected chi connectivity index (χ2v) is 4.68. The first-order chi connectivity index (χ1) is 9.11. The van der Waals surface area contributed by atoms with Crippen molar-refractivity contribution in [1.82, 2.24) is 15.0 Å². The van der Waals surface area contributed by atoms with Gasteiger partial charge in [0.05, 0.1) is 17.2 Å². The topological polar surface area (TPSA) is 94.1 Å². The lowest BCUT2D eigenvalue weighted by molar-refractivity contribution is -0.385. The molecule has 0 saturated carbocycles. The van der Waals surface area contributed by atoms with Crippen LogP contribution in [0.1, 0.15) is 11.3 Å². The minimum absolute atomic E-state index is 0.0131. The Morgan fingerprint density at radius 1 is 1.47 bits per heavy atom. The second-order valence-electron chi connectivity index (χ2n) is 3.89. The van der Waals surface area contributed by atoms with Crippen LogP contribution in [0.2, 0.25) is 0 Å². The molecule has 1 N–H and O–H groups in total. The highest BCUT2D eigenvalue weighted by Gasteiger charge is 2.15. The van der Waals surface area contributed by atoms with Crippen molar-refractivity contribution in [3.8, 4) is 0 Å². The van der Waals surface area contributed by atoms with Gasteiger partial charge in [0.15, 0.2) is 0 Å². The maximum Gasteiger partial charge on any atom is 0.283 e. The van der Waals surface area contributed by atoms with E-state index in [0.717, 1.165) is 5.56 Å². The first kappa shape index (κ1) is 13.6. The van der Waals surface area contributed by atoms with Gasteiger partial charge in [-0.2, -0.15) is 0 Å². The highest BCUT2D eigenvalue weighted by atomic mass is 79.9. The standard InChI is InChI=1S/C11H11BrN4O3/c12-11-8(2-1-3-10(11)16(18)19)6-15-7-9(4-5-17)13-14-15/h1-3,7,17H,4-6H2. The molecule has 0 saturated heterocycles. The maximum atomic E-state index is 10.8. The van der Waals surface area contributed by atoms with Gasteiger partial charge >= 0.3 is 0 Å². The lowest BCUT2D eigenvalue weighted by Gasteiger charge is -2.04. The molecule has 1 aromatic carbocycles. The van der Waals surface area contributed by atoms with Crippen molar-refractivity contribution in [1.29, 1.82) is 0 Å². The number of nitrogens with zero attached hydrogens (tertiary/aromatic N) is 4. The number of aliphatic hydroxyl groups excluding tert-OH is 1. The molecule has 100 valence electrons. The van der Waals surface area contributed by atoms with E-state index in [9.17, 15) is 10.1 Å². The molecule has 0 fully saturated rings. The highest BCUT2D eigenvalue weighted by molar-refractivity contribution is 9.10. The van der Waals surface area contributed by atoms with E-state index in [1.165, 1.54) is 6.07 Å². The van der Waals surface area contributed by atoms with Crippen LogP contribution in [-0.2, 0) is 13.0 Å². The Morgan fingerprint density at radius 2 is 2.26 bits per heavy atom. The molecule has 0 aliphatic carbocycles. The average Bonchev–Trinajstić information content (AvgIpc) is 2.79. The Labute approximate surface area is 117 Å². The van der Waals surface area contributed by atoms with E-state index in [4.69, 9.17) is 5.11 Å². The van der Waals surface area contributed by atoms with Gasteiger partial charge in [0, 0.05) is 25.3 Å². The molecule has 19 heavy (non-hydrogen) atoms. The number of nitro groups is 1. The van der Waals surface area contributed by atoms with Gasteiger partial charge < -0.3 is 5.11 Å². The zero-order valence-electron chi connectivity index (χ0n) is 9.86. The van der Waals surface area contributed by atoms with Gasteiger partial charge in [-0.15, -0.1) is 5.10 Å². The monoisotopic (exact) mass is 326 g/mol. The largest absolute Gasteiger partial charge is 0.396 e. The summed E-state index contributed by atoms with van der Waals surface area (Å²) in [6.45, 7) is 0.389. The van der Waals surface area contributed by atoms with Crippen molar-refractivity contribution in [3.05, 3.63) is 50.2 Å². The van der Waals surface area contributed by atoms with Gasteiger partial charge in [0.1, 0.15) is 4.47 Å². The summed E-state index contributed by atoms with van der Waals surface area (Å²) in [6.07, 6.45) is 2.15. The lowest BCUT2D eigenvalue weighted by atomic mass is 10.2. The molecule has 0 aliphatic rings. The third-order valence-corrected chi connectivity index (χ3v) is 3.46. The van der Waals surface area contributed by atoms with Crippen LogP contribution >= 0.6 is 15.9 Å². The molecule has 0 radical (unpaired) electrons. The van der Waals surface area contributed by atoms with Gasteiger partial charge in [-0.25, -0.2) is 4.68 Å². The van der Waals surface area contributed by atoms with E-state index in [1.54, 1.807) is 23.0 Å². The summed E-state index contributed by atoms with van der Waals surface area (Å²) in [5, 5.41) is 27.4. The van der Waals surface area contributed by atoms with Crippen LogP contribution < -0.4 is 0 Å². The predicted molar refractivity (Wildman–Crippen MR) is 70.7 cm³/mol. The Balaban J connectivity index is 2.23. The number of rotatable bonds is 5. The zero-order chi connectivity index (χ0) is 13.8. The smallest absolute Gasteiger partial charge is 0.283 e. The summed E-state index contributed by atoms with van der Waals surface area (Å²) in [4.78, 5) is 10.4. The SMILES string of the molecule is O=[N+]([O-])c1cccc(Cn2cc(CCO)nn2)c1Br. The number of benzene rings is 1. The summed E-state index contributed by atoms with van der Waals surface area (Å²) in [7, 11) is 0. The Morgan fingerprint density at radius 3 is 2.95 bits per heavy atom. The minimum Gasteiger partial charge on any atom is -0.396 e. The number of nitro benzene ring substituents is 1. The highest BCUT2D eigenvalue weighted by Crippen LogP contribution is 2.28. The summed E-state index contributed by atoms with van der Waals surface area (Å²) < 4.78 is 2.02.